The fourth-order valence-electron chi connectivity index (χ4n) is 5.02. The average molecular weight is 426 g/mol. The van der Waals surface area contributed by atoms with E-state index in [1.165, 1.54) is 0 Å². The molecule has 1 aromatic rings. The minimum absolute atomic E-state index is 0.0395. The van der Waals surface area contributed by atoms with Crippen molar-refractivity contribution in [2.45, 2.75) is 64.4 Å². The molecule has 0 aromatic heterocycles. The summed E-state index contributed by atoms with van der Waals surface area (Å²) in [6.07, 6.45) is 7.21. The fourth-order valence-corrected chi connectivity index (χ4v) is 5.02. The van der Waals surface area contributed by atoms with Gasteiger partial charge in [-0.3, -0.25) is 4.79 Å². The molecule has 1 aromatic carbocycles. The molecule has 0 amide bonds. The van der Waals surface area contributed by atoms with E-state index in [0.717, 1.165) is 42.6 Å². The number of ether oxygens (including phenoxy) is 3. The van der Waals surface area contributed by atoms with Gasteiger partial charge in [0.1, 0.15) is 11.9 Å². The third-order valence-electron chi connectivity index (χ3n) is 6.46. The van der Waals surface area contributed by atoms with Crippen molar-refractivity contribution in [3.63, 3.8) is 0 Å². The van der Waals surface area contributed by atoms with E-state index in [9.17, 15) is 9.59 Å². The maximum atomic E-state index is 13.3. The molecule has 6 nitrogen and oxygen atoms in total. The fraction of sp³-hybridized carbons (Fsp3) is 0.520. The Bertz CT molecular complexity index is 926. The second kappa shape index (κ2) is 9.16. The van der Waals surface area contributed by atoms with Crippen LogP contribution in [0.5, 0.6) is 11.5 Å². The van der Waals surface area contributed by atoms with E-state index in [1.807, 2.05) is 32.0 Å². The highest BCUT2D eigenvalue weighted by atomic mass is 16.5. The quantitative estimate of drug-likeness (QED) is 0.681. The lowest BCUT2D eigenvalue weighted by molar-refractivity contribution is -0.144. The van der Waals surface area contributed by atoms with Crippen LogP contribution in [0.4, 0.5) is 0 Å². The van der Waals surface area contributed by atoms with Gasteiger partial charge < -0.3 is 19.5 Å². The molecule has 1 fully saturated rings. The molecule has 3 aliphatic rings. The summed E-state index contributed by atoms with van der Waals surface area (Å²) in [6, 6.07) is 5.67. The molecule has 0 radical (unpaired) electrons. The number of hydrogen-bond donors (Lipinski definition) is 1. The van der Waals surface area contributed by atoms with Crippen molar-refractivity contribution in [2.24, 2.45) is 5.92 Å². The maximum absolute atomic E-state index is 13.3. The number of hydrogen-bond acceptors (Lipinski definition) is 6. The number of carbonyl (C=O) groups excluding carboxylic acids is 2. The molecule has 2 atom stereocenters. The molecule has 166 valence electrons. The number of ketones is 1. The average Bonchev–Trinajstić information content (AvgIpc) is 3.26. The van der Waals surface area contributed by atoms with E-state index in [1.54, 1.807) is 7.11 Å². The molecule has 31 heavy (non-hydrogen) atoms. The van der Waals surface area contributed by atoms with Crippen LogP contribution in [0.25, 0.3) is 0 Å². The first-order valence-corrected chi connectivity index (χ1v) is 11.3. The Morgan fingerprint density at radius 3 is 2.65 bits per heavy atom. The molecular weight excluding hydrogens is 394 g/mol. The number of rotatable bonds is 6. The Balaban J connectivity index is 1.78. The van der Waals surface area contributed by atoms with Gasteiger partial charge in [-0.15, -0.1) is 0 Å². The van der Waals surface area contributed by atoms with Gasteiger partial charge in [-0.05, 0) is 63.6 Å². The lowest BCUT2D eigenvalue weighted by Crippen LogP contribution is -2.41. The topological polar surface area (TPSA) is 73.9 Å². The normalized spacial score (nSPS) is 23.7. The smallest absolute Gasteiger partial charge is 0.336 e. The summed E-state index contributed by atoms with van der Waals surface area (Å²) >= 11 is 0. The molecule has 0 spiro atoms. The monoisotopic (exact) mass is 425 g/mol. The first kappa shape index (κ1) is 21.5. The van der Waals surface area contributed by atoms with Crippen molar-refractivity contribution >= 4 is 11.8 Å². The number of methoxy groups -OCH3 is 1. The van der Waals surface area contributed by atoms with E-state index >= 15 is 0 Å². The van der Waals surface area contributed by atoms with E-state index in [0.29, 0.717) is 36.5 Å². The molecule has 6 heteroatoms. The number of fused-ring (bicyclic) bond motifs is 1. The number of nitrogens with one attached hydrogen (secondary N) is 1. The van der Waals surface area contributed by atoms with Gasteiger partial charge >= 0.3 is 5.97 Å². The summed E-state index contributed by atoms with van der Waals surface area (Å²) in [4.78, 5) is 26.4. The molecule has 4 rings (SSSR count). The van der Waals surface area contributed by atoms with Crippen LogP contribution in [0.1, 0.15) is 63.9 Å². The second-order valence-electron chi connectivity index (χ2n) is 8.44. The highest BCUT2D eigenvalue weighted by Gasteiger charge is 2.44. The van der Waals surface area contributed by atoms with E-state index in [2.05, 4.69) is 11.4 Å². The Hall–Kier alpha value is -2.76. The van der Waals surface area contributed by atoms with Gasteiger partial charge in [-0.25, -0.2) is 4.79 Å². The first-order valence-electron chi connectivity index (χ1n) is 11.3. The molecular formula is C25H31NO5. The van der Waals surface area contributed by atoms with Gasteiger partial charge in [-0.2, -0.15) is 0 Å². The highest BCUT2D eigenvalue weighted by Crippen LogP contribution is 2.46. The lowest BCUT2D eigenvalue weighted by atomic mass is 9.71. The lowest BCUT2D eigenvalue weighted by Gasteiger charge is -2.38. The van der Waals surface area contributed by atoms with Crippen molar-refractivity contribution < 1.29 is 23.8 Å². The zero-order valence-corrected chi connectivity index (χ0v) is 18.5. The third-order valence-corrected chi connectivity index (χ3v) is 6.46. The molecule has 1 saturated carbocycles. The Morgan fingerprint density at radius 1 is 1.16 bits per heavy atom. The molecule has 0 saturated heterocycles. The molecule has 0 bridgehead atoms. The maximum Gasteiger partial charge on any atom is 0.336 e. The van der Waals surface area contributed by atoms with Crippen molar-refractivity contribution in [1.82, 2.24) is 5.32 Å². The molecule has 1 aliphatic heterocycles. The Kier molecular flexibility index (Phi) is 6.35. The summed E-state index contributed by atoms with van der Waals surface area (Å²) < 4.78 is 17.1. The van der Waals surface area contributed by atoms with Crippen molar-refractivity contribution in [2.75, 3.05) is 13.7 Å². The summed E-state index contributed by atoms with van der Waals surface area (Å²) in [5.74, 6) is 0.204. The molecule has 2 aliphatic carbocycles. The standard InChI is InChI=1S/C25H31NO5/c1-4-30-20-13-12-16(14-21(20)29-3)23-22(25(28)31-17-8-5-6-9-17)15(2)26-18-10-7-11-19(27)24(18)23/h10,12-14,17,23-24,26H,4-9,11H2,1-3H3. The first-order chi connectivity index (χ1) is 15.0. The largest absolute Gasteiger partial charge is 0.493 e. The summed E-state index contributed by atoms with van der Waals surface area (Å²) in [6.45, 7) is 4.33. The van der Waals surface area contributed by atoms with Crippen LogP contribution in [0.2, 0.25) is 0 Å². The van der Waals surface area contributed by atoms with Crippen molar-refractivity contribution in [3.05, 3.63) is 46.8 Å². The third kappa shape index (κ3) is 4.21. The van der Waals surface area contributed by atoms with Crippen LogP contribution in [-0.2, 0) is 14.3 Å². The predicted octanol–water partition coefficient (Wildman–Crippen LogP) is 4.40. The number of esters is 1. The van der Waals surface area contributed by atoms with E-state index in [-0.39, 0.29) is 17.9 Å². The van der Waals surface area contributed by atoms with Crippen LogP contribution >= 0.6 is 0 Å². The summed E-state index contributed by atoms with van der Waals surface area (Å²) in [5, 5.41) is 3.33. The van der Waals surface area contributed by atoms with Crippen LogP contribution < -0.4 is 14.8 Å². The highest BCUT2D eigenvalue weighted by molar-refractivity contribution is 5.96. The van der Waals surface area contributed by atoms with Crippen molar-refractivity contribution in [1.29, 1.82) is 0 Å². The molecule has 1 N–H and O–H groups in total. The van der Waals surface area contributed by atoms with Gasteiger partial charge in [0.25, 0.3) is 0 Å². The van der Waals surface area contributed by atoms with Crippen LogP contribution in [-0.4, -0.2) is 31.6 Å². The number of allylic oxidation sites excluding steroid dienone is 3. The molecule has 2 unspecified atom stereocenters. The van der Waals surface area contributed by atoms with Crippen LogP contribution in [0.15, 0.2) is 41.2 Å². The predicted molar refractivity (Wildman–Crippen MR) is 117 cm³/mol. The molecule has 1 heterocycles. The summed E-state index contributed by atoms with van der Waals surface area (Å²) in [7, 11) is 1.59. The van der Waals surface area contributed by atoms with Gasteiger partial charge in [0.15, 0.2) is 11.5 Å². The van der Waals surface area contributed by atoms with E-state index < -0.39 is 11.8 Å². The number of Topliss-reactive ketones (excluding diaryl/α,β-unsaturated/α-hetero) is 1. The Labute approximate surface area is 183 Å². The summed E-state index contributed by atoms with van der Waals surface area (Å²) in [5.41, 5.74) is 3.02. The zero-order valence-electron chi connectivity index (χ0n) is 18.5. The van der Waals surface area contributed by atoms with Gasteiger partial charge in [-0.1, -0.05) is 12.1 Å². The second-order valence-corrected chi connectivity index (χ2v) is 8.44. The van der Waals surface area contributed by atoms with Crippen LogP contribution in [0, 0.1) is 5.92 Å². The number of benzene rings is 1. The van der Waals surface area contributed by atoms with E-state index in [4.69, 9.17) is 14.2 Å². The van der Waals surface area contributed by atoms with Gasteiger partial charge in [0, 0.05) is 23.7 Å². The minimum atomic E-state index is -0.425. The number of carbonyl (C=O) groups is 2. The zero-order chi connectivity index (χ0) is 22.0. The van der Waals surface area contributed by atoms with Crippen molar-refractivity contribution in [3.8, 4) is 11.5 Å². The van der Waals surface area contributed by atoms with Gasteiger partial charge in [0.2, 0.25) is 0 Å². The Morgan fingerprint density at radius 2 is 1.94 bits per heavy atom. The van der Waals surface area contributed by atoms with Gasteiger partial charge in [0.05, 0.1) is 25.2 Å². The van der Waals surface area contributed by atoms with Crippen LogP contribution in [0.3, 0.4) is 0 Å². The minimum Gasteiger partial charge on any atom is -0.493 e. The SMILES string of the molecule is CCOc1ccc(C2C(C(=O)OC3CCCC3)=C(C)NC3=CCCC(=O)C32)cc1OC.